The highest BCUT2D eigenvalue weighted by Crippen LogP contribution is 2.32. The van der Waals surface area contributed by atoms with Crippen molar-refractivity contribution < 1.29 is 18.7 Å². The van der Waals surface area contributed by atoms with E-state index < -0.39 is 5.82 Å². The van der Waals surface area contributed by atoms with Gasteiger partial charge in [-0.3, -0.25) is 4.79 Å². The lowest BCUT2D eigenvalue weighted by atomic mass is 10.1. The van der Waals surface area contributed by atoms with Crippen LogP contribution in [0.5, 0.6) is 11.5 Å². The summed E-state index contributed by atoms with van der Waals surface area (Å²) in [5.41, 5.74) is 1.62. The Morgan fingerprint density at radius 3 is 2.80 bits per heavy atom. The number of amides is 1. The van der Waals surface area contributed by atoms with E-state index in [1.54, 1.807) is 17.0 Å². The highest BCUT2D eigenvalue weighted by molar-refractivity contribution is 6.30. The van der Waals surface area contributed by atoms with Crippen LogP contribution in [0.2, 0.25) is 5.02 Å². The highest BCUT2D eigenvalue weighted by atomic mass is 35.5. The Hall–Kier alpha value is -2.53. The molecule has 0 N–H and O–H groups in total. The summed E-state index contributed by atoms with van der Waals surface area (Å²) in [6.45, 7) is 3.15. The normalized spacial score (nSPS) is 12.6. The van der Waals surface area contributed by atoms with E-state index in [4.69, 9.17) is 21.1 Å². The maximum atomic E-state index is 13.2. The SMILES string of the molecule is CCN(Cc1ccc2c(c1)OCO2)C(=O)/C=C/c1ccc(F)c(Cl)c1. The Bertz CT molecular complexity index is 822. The van der Waals surface area contributed by atoms with Gasteiger partial charge in [0.1, 0.15) is 5.82 Å². The first-order chi connectivity index (χ1) is 12.1. The predicted octanol–water partition coefficient (Wildman–Crippen LogP) is 4.27. The first kappa shape index (κ1) is 17.3. The first-order valence-electron chi connectivity index (χ1n) is 7.87. The molecule has 3 rings (SSSR count). The van der Waals surface area contributed by atoms with Crippen molar-refractivity contribution in [2.24, 2.45) is 0 Å². The van der Waals surface area contributed by atoms with E-state index in [0.717, 1.165) is 5.56 Å². The quantitative estimate of drug-likeness (QED) is 0.746. The lowest BCUT2D eigenvalue weighted by Gasteiger charge is -2.19. The van der Waals surface area contributed by atoms with Gasteiger partial charge in [-0.25, -0.2) is 4.39 Å². The zero-order chi connectivity index (χ0) is 17.8. The number of carbonyl (C=O) groups is 1. The van der Waals surface area contributed by atoms with Gasteiger partial charge in [0.15, 0.2) is 11.5 Å². The Morgan fingerprint density at radius 2 is 2.04 bits per heavy atom. The number of benzene rings is 2. The van der Waals surface area contributed by atoms with E-state index in [1.165, 1.54) is 18.2 Å². The number of likely N-dealkylation sites (N-methyl/N-ethyl adjacent to an activating group) is 1. The fourth-order valence-corrected chi connectivity index (χ4v) is 2.68. The first-order valence-corrected chi connectivity index (χ1v) is 8.25. The van der Waals surface area contributed by atoms with Crippen LogP contribution >= 0.6 is 11.6 Å². The second-order valence-electron chi connectivity index (χ2n) is 5.55. The smallest absolute Gasteiger partial charge is 0.246 e. The molecule has 0 atom stereocenters. The standard InChI is InChI=1S/C19H17ClFNO3/c1-2-22(11-14-4-7-17-18(10-14)25-12-24-17)19(23)8-5-13-3-6-16(21)15(20)9-13/h3-10H,2,11-12H2,1H3/b8-5+. The number of ether oxygens (including phenoxy) is 2. The maximum absolute atomic E-state index is 13.2. The zero-order valence-corrected chi connectivity index (χ0v) is 14.4. The van der Waals surface area contributed by atoms with Crippen molar-refractivity contribution in [3.05, 3.63) is 64.4 Å². The predicted molar refractivity (Wildman–Crippen MR) is 94.1 cm³/mol. The van der Waals surface area contributed by atoms with Crippen LogP contribution in [-0.4, -0.2) is 24.1 Å². The monoisotopic (exact) mass is 361 g/mol. The summed E-state index contributed by atoms with van der Waals surface area (Å²) in [6, 6.07) is 9.95. The third kappa shape index (κ3) is 4.12. The van der Waals surface area contributed by atoms with Crippen LogP contribution in [0.1, 0.15) is 18.1 Å². The topological polar surface area (TPSA) is 38.8 Å². The Balaban J connectivity index is 1.68. The van der Waals surface area contributed by atoms with Crippen LogP contribution in [0.3, 0.4) is 0 Å². The number of rotatable bonds is 5. The molecule has 4 nitrogen and oxygen atoms in total. The van der Waals surface area contributed by atoms with Crippen molar-refractivity contribution in [3.8, 4) is 11.5 Å². The molecule has 2 aromatic carbocycles. The van der Waals surface area contributed by atoms with Crippen molar-refractivity contribution in [1.82, 2.24) is 4.90 Å². The van der Waals surface area contributed by atoms with Gasteiger partial charge in [-0.2, -0.15) is 0 Å². The summed E-state index contributed by atoms with van der Waals surface area (Å²) in [4.78, 5) is 14.1. The van der Waals surface area contributed by atoms with Crippen molar-refractivity contribution in [3.63, 3.8) is 0 Å². The Morgan fingerprint density at radius 1 is 1.24 bits per heavy atom. The average Bonchev–Trinajstić information content (AvgIpc) is 3.08. The summed E-state index contributed by atoms with van der Waals surface area (Å²) >= 11 is 5.75. The number of carbonyl (C=O) groups excluding carboxylic acids is 1. The molecular weight excluding hydrogens is 345 g/mol. The van der Waals surface area contributed by atoms with E-state index in [0.29, 0.717) is 30.2 Å². The van der Waals surface area contributed by atoms with Gasteiger partial charge >= 0.3 is 0 Å². The molecule has 6 heteroatoms. The maximum Gasteiger partial charge on any atom is 0.246 e. The molecule has 1 aliphatic rings. The van der Waals surface area contributed by atoms with Crippen molar-refractivity contribution >= 4 is 23.6 Å². The largest absolute Gasteiger partial charge is 0.454 e. The molecular formula is C19H17ClFNO3. The molecule has 0 aromatic heterocycles. The molecule has 0 unspecified atom stereocenters. The molecule has 0 radical (unpaired) electrons. The molecule has 25 heavy (non-hydrogen) atoms. The van der Waals surface area contributed by atoms with Crippen molar-refractivity contribution in [2.45, 2.75) is 13.5 Å². The van der Waals surface area contributed by atoms with E-state index >= 15 is 0 Å². The van der Waals surface area contributed by atoms with Gasteiger partial charge in [-0.1, -0.05) is 23.7 Å². The molecule has 0 saturated heterocycles. The minimum atomic E-state index is -0.483. The van der Waals surface area contributed by atoms with Gasteiger partial charge < -0.3 is 14.4 Å². The number of fused-ring (bicyclic) bond motifs is 1. The van der Waals surface area contributed by atoms with Gasteiger partial charge in [0.05, 0.1) is 5.02 Å². The number of nitrogens with zero attached hydrogens (tertiary/aromatic N) is 1. The summed E-state index contributed by atoms with van der Waals surface area (Å²) in [5.74, 6) is 0.785. The number of hydrogen-bond acceptors (Lipinski definition) is 3. The van der Waals surface area contributed by atoms with E-state index in [1.807, 2.05) is 25.1 Å². The lowest BCUT2D eigenvalue weighted by Crippen LogP contribution is -2.28. The average molecular weight is 362 g/mol. The Kier molecular flexibility index (Phi) is 5.24. The molecule has 0 spiro atoms. The van der Waals surface area contributed by atoms with E-state index in [-0.39, 0.29) is 17.7 Å². The summed E-state index contributed by atoms with van der Waals surface area (Å²) in [6.07, 6.45) is 3.08. The van der Waals surface area contributed by atoms with E-state index in [9.17, 15) is 9.18 Å². The number of hydrogen-bond donors (Lipinski definition) is 0. The minimum absolute atomic E-state index is 0.0299. The third-order valence-corrected chi connectivity index (χ3v) is 4.16. The van der Waals surface area contributed by atoms with Crippen LogP contribution in [0, 0.1) is 5.82 Å². The third-order valence-electron chi connectivity index (χ3n) is 3.87. The highest BCUT2D eigenvalue weighted by Gasteiger charge is 2.15. The number of halogens is 2. The molecule has 1 aliphatic heterocycles. The molecule has 1 heterocycles. The van der Waals surface area contributed by atoms with Gasteiger partial charge in [-0.15, -0.1) is 0 Å². The summed E-state index contributed by atoms with van der Waals surface area (Å²) in [7, 11) is 0. The summed E-state index contributed by atoms with van der Waals surface area (Å²) in [5, 5.41) is 0.0299. The van der Waals surface area contributed by atoms with Gasteiger partial charge in [0, 0.05) is 19.2 Å². The summed E-state index contributed by atoms with van der Waals surface area (Å²) < 4.78 is 23.8. The van der Waals surface area contributed by atoms with Crippen molar-refractivity contribution in [1.29, 1.82) is 0 Å². The molecule has 130 valence electrons. The molecule has 1 amide bonds. The van der Waals surface area contributed by atoms with Crippen LogP contribution in [-0.2, 0) is 11.3 Å². The molecule has 0 fully saturated rings. The second-order valence-corrected chi connectivity index (χ2v) is 5.95. The van der Waals surface area contributed by atoms with Crippen LogP contribution in [0.15, 0.2) is 42.5 Å². The molecule has 0 bridgehead atoms. The van der Waals surface area contributed by atoms with Crippen molar-refractivity contribution in [2.75, 3.05) is 13.3 Å². The van der Waals surface area contributed by atoms with Gasteiger partial charge in [0.2, 0.25) is 12.7 Å². The van der Waals surface area contributed by atoms with Crippen LogP contribution < -0.4 is 9.47 Å². The molecule has 2 aromatic rings. The second kappa shape index (κ2) is 7.57. The van der Waals surface area contributed by atoms with Crippen LogP contribution in [0.4, 0.5) is 4.39 Å². The molecule has 0 aliphatic carbocycles. The minimum Gasteiger partial charge on any atom is -0.454 e. The fourth-order valence-electron chi connectivity index (χ4n) is 2.49. The Labute approximate surface area is 150 Å². The zero-order valence-electron chi connectivity index (χ0n) is 13.7. The van der Waals surface area contributed by atoms with Gasteiger partial charge in [0.25, 0.3) is 0 Å². The lowest BCUT2D eigenvalue weighted by molar-refractivity contribution is -0.126. The van der Waals surface area contributed by atoms with Crippen LogP contribution in [0.25, 0.3) is 6.08 Å². The van der Waals surface area contributed by atoms with E-state index in [2.05, 4.69) is 0 Å². The fraction of sp³-hybridized carbons (Fsp3) is 0.211. The van der Waals surface area contributed by atoms with Gasteiger partial charge in [-0.05, 0) is 48.4 Å². The molecule has 0 saturated carbocycles.